The zero-order valence-electron chi connectivity index (χ0n) is 10.1. The minimum absolute atomic E-state index is 0.0727. The van der Waals surface area contributed by atoms with Crippen molar-refractivity contribution in [3.63, 3.8) is 0 Å². The van der Waals surface area contributed by atoms with Crippen molar-refractivity contribution in [2.24, 2.45) is 21.7 Å². The van der Waals surface area contributed by atoms with Crippen LogP contribution in [-0.4, -0.2) is 12.2 Å². The van der Waals surface area contributed by atoms with Gasteiger partial charge in [-0.15, -0.1) is 5.10 Å². The lowest BCUT2D eigenvalue weighted by Crippen LogP contribution is -2.21. The first-order chi connectivity index (χ1) is 9.16. The molecule has 0 amide bonds. The molecule has 0 saturated heterocycles. The van der Waals surface area contributed by atoms with Gasteiger partial charge in [-0.25, -0.2) is 0 Å². The molecule has 2 rings (SSSR count). The number of halogens is 1. The number of hydrogen-bond donors (Lipinski definition) is 2. The molecule has 96 valence electrons. The van der Waals surface area contributed by atoms with E-state index in [0.717, 1.165) is 16.7 Å². The van der Waals surface area contributed by atoms with Crippen molar-refractivity contribution in [3.8, 4) is 11.1 Å². The molecule has 4 nitrogen and oxygen atoms in total. The van der Waals surface area contributed by atoms with Gasteiger partial charge in [-0.2, -0.15) is 5.10 Å². The highest BCUT2D eigenvalue weighted by Gasteiger charge is 2.03. The van der Waals surface area contributed by atoms with E-state index in [1.165, 1.54) is 0 Å². The largest absolute Gasteiger partial charge is 0.369 e. The molecular weight excluding hydrogens is 260 g/mol. The van der Waals surface area contributed by atoms with Crippen LogP contribution >= 0.6 is 11.6 Å². The second kappa shape index (κ2) is 6.02. The molecular formula is C14H13ClN4. The van der Waals surface area contributed by atoms with E-state index in [1.54, 1.807) is 6.21 Å². The summed E-state index contributed by atoms with van der Waals surface area (Å²) in [6.07, 6.45) is 1.61. The fraction of sp³-hybridized carbons (Fsp3) is 0. The van der Waals surface area contributed by atoms with Gasteiger partial charge in [0.2, 0.25) is 5.96 Å². The Morgan fingerprint density at radius 2 is 1.84 bits per heavy atom. The molecule has 0 atom stereocenters. The predicted octanol–water partition coefficient (Wildman–Crippen LogP) is 2.61. The first kappa shape index (κ1) is 13.1. The van der Waals surface area contributed by atoms with Crippen molar-refractivity contribution >= 4 is 23.8 Å². The minimum Gasteiger partial charge on any atom is -0.369 e. The van der Waals surface area contributed by atoms with E-state index in [1.807, 2.05) is 48.5 Å². The molecule has 0 heterocycles. The summed E-state index contributed by atoms with van der Waals surface area (Å²) >= 11 is 6.00. The third-order valence-corrected chi connectivity index (χ3v) is 2.70. The summed E-state index contributed by atoms with van der Waals surface area (Å²) in [4.78, 5) is 0. The number of nitrogens with zero attached hydrogens (tertiary/aromatic N) is 2. The van der Waals surface area contributed by atoms with Crippen LogP contribution in [0.4, 0.5) is 0 Å². The van der Waals surface area contributed by atoms with Crippen molar-refractivity contribution in [2.75, 3.05) is 0 Å². The van der Waals surface area contributed by atoms with E-state index < -0.39 is 0 Å². The molecule has 0 aliphatic rings. The molecule has 0 unspecified atom stereocenters. The van der Waals surface area contributed by atoms with Crippen LogP contribution in [0.3, 0.4) is 0 Å². The van der Waals surface area contributed by atoms with Crippen LogP contribution in [0.5, 0.6) is 0 Å². The van der Waals surface area contributed by atoms with Crippen LogP contribution in [0.2, 0.25) is 5.02 Å². The molecule has 0 aliphatic carbocycles. The molecule has 0 saturated carbocycles. The van der Waals surface area contributed by atoms with Gasteiger partial charge in [0.05, 0.1) is 6.21 Å². The van der Waals surface area contributed by atoms with Crippen LogP contribution in [0.15, 0.2) is 58.7 Å². The highest BCUT2D eigenvalue weighted by Crippen LogP contribution is 2.25. The highest BCUT2D eigenvalue weighted by atomic mass is 35.5. The molecule has 0 aliphatic heterocycles. The molecule has 0 radical (unpaired) electrons. The Balaban J connectivity index is 2.42. The maximum atomic E-state index is 6.00. The molecule has 2 aromatic carbocycles. The first-order valence-corrected chi connectivity index (χ1v) is 6.01. The van der Waals surface area contributed by atoms with Crippen LogP contribution in [0.25, 0.3) is 11.1 Å². The average molecular weight is 273 g/mol. The molecule has 19 heavy (non-hydrogen) atoms. The lowest BCUT2D eigenvalue weighted by Gasteiger charge is -2.05. The van der Waals surface area contributed by atoms with Gasteiger partial charge >= 0.3 is 0 Å². The Labute approximate surface area is 116 Å². The summed E-state index contributed by atoms with van der Waals surface area (Å²) in [7, 11) is 0. The SMILES string of the molecule is NC(N)=NN=Cc1ccccc1-c1cccc(Cl)c1. The van der Waals surface area contributed by atoms with Crippen LogP contribution in [0, 0.1) is 0 Å². The van der Waals surface area contributed by atoms with E-state index in [0.29, 0.717) is 5.02 Å². The van der Waals surface area contributed by atoms with E-state index in [2.05, 4.69) is 10.2 Å². The normalized spacial score (nSPS) is 10.6. The molecule has 0 spiro atoms. The third-order valence-electron chi connectivity index (χ3n) is 2.47. The van der Waals surface area contributed by atoms with E-state index in [-0.39, 0.29) is 5.96 Å². The monoisotopic (exact) mass is 272 g/mol. The van der Waals surface area contributed by atoms with Gasteiger partial charge in [-0.1, -0.05) is 48.0 Å². The summed E-state index contributed by atoms with van der Waals surface area (Å²) in [5.74, 6) is -0.0727. The molecule has 0 fully saturated rings. The highest BCUT2D eigenvalue weighted by molar-refractivity contribution is 6.30. The molecule has 0 aromatic heterocycles. The van der Waals surface area contributed by atoms with E-state index in [4.69, 9.17) is 23.1 Å². The smallest absolute Gasteiger partial charge is 0.211 e. The van der Waals surface area contributed by atoms with Gasteiger partial charge in [0, 0.05) is 10.6 Å². The van der Waals surface area contributed by atoms with Gasteiger partial charge in [0.1, 0.15) is 0 Å². The van der Waals surface area contributed by atoms with Crippen LogP contribution < -0.4 is 11.5 Å². The van der Waals surface area contributed by atoms with Gasteiger partial charge in [-0.3, -0.25) is 0 Å². The number of hydrogen-bond acceptors (Lipinski definition) is 2. The number of guanidine groups is 1. The van der Waals surface area contributed by atoms with Crippen molar-refractivity contribution in [2.45, 2.75) is 0 Å². The Morgan fingerprint density at radius 3 is 2.58 bits per heavy atom. The zero-order valence-corrected chi connectivity index (χ0v) is 10.9. The molecule has 2 aromatic rings. The van der Waals surface area contributed by atoms with Gasteiger partial charge < -0.3 is 11.5 Å². The Hall–Kier alpha value is -2.33. The van der Waals surface area contributed by atoms with E-state index >= 15 is 0 Å². The lowest BCUT2D eigenvalue weighted by molar-refractivity contribution is 1.21. The summed E-state index contributed by atoms with van der Waals surface area (Å²) in [6.45, 7) is 0. The summed E-state index contributed by atoms with van der Waals surface area (Å²) in [5, 5.41) is 8.11. The van der Waals surface area contributed by atoms with Crippen molar-refractivity contribution < 1.29 is 0 Å². The minimum atomic E-state index is -0.0727. The topological polar surface area (TPSA) is 76.8 Å². The molecule has 0 bridgehead atoms. The van der Waals surface area contributed by atoms with Gasteiger partial charge in [0.15, 0.2) is 0 Å². The van der Waals surface area contributed by atoms with Crippen molar-refractivity contribution in [1.29, 1.82) is 0 Å². The average Bonchev–Trinajstić information content (AvgIpc) is 2.39. The fourth-order valence-corrected chi connectivity index (χ4v) is 1.88. The van der Waals surface area contributed by atoms with Crippen molar-refractivity contribution in [3.05, 3.63) is 59.1 Å². The number of benzene rings is 2. The lowest BCUT2D eigenvalue weighted by atomic mass is 10.0. The van der Waals surface area contributed by atoms with Crippen LogP contribution in [0.1, 0.15) is 5.56 Å². The third kappa shape index (κ3) is 3.56. The Bertz CT molecular complexity index is 631. The first-order valence-electron chi connectivity index (χ1n) is 5.64. The molecule has 5 heteroatoms. The van der Waals surface area contributed by atoms with Gasteiger partial charge in [0.25, 0.3) is 0 Å². The maximum absolute atomic E-state index is 6.00. The molecule has 4 N–H and O–H groups in total. The zero-order chi connectivity index (χ0) is 13.7. The second-order valence-electron chi connectivity index (χ2n) is 3.87. The number of nitrogens with two attached hydrogens (primary N) is 2. The van der Waals surface area contributed by atoms with Crippen molar-refractivity contribution in [1.82, 2.24) is 0 Å². The Morgan fingerprint density at radius 1 is 1.05 bits per heavy atom. The predicted molar refractivity (Wildman–Crippen MR) is 80.3 cm³/mol. The maximum Gasteiger partial charge on any atom is 0.211 e. The van der Waals surface area contributed by atoms with Gasteiger partial charge in [-0.05, 0) is 23.3 Å². The summed E-state index contributed by atoms with van der Waals surface area (Å²) in [6, 6.07) is 15.4. The second-order valence-corrected chi connectivity index (χ2v) is 4.30. The van der Waals surface area contributed by atoms with E-state index in [9.17, 15) is 0 Å². The summed E-state index contributed by atoms with van der Waals surface area (Å²) < 4.78 is 0. The standard InChI is InChI=1S/C14H13ClN4/c15-12-6-3-5-10(8-12)13-7-2-1-4-11(13)9-18-19-14(16)17/h1-9H,(H4,16,17,19). The fourth-order valence-electron chi connectivity index (χ4n) is 1.69. The summed E-state index contributed by atoms with van der Waals surface area (Å²) in [5.41, 5.74) is 13.4. The number of rotatable bonds is 3. The quantitative estimate of drug-likeness (QED) is 0.512. The van der Waals surface area contributed by atoms with Crippen LogP contribution in [-0.2, 0) is 0 Å². The Kier molecular flexibility index (Phi) is 4.15.